The van der Waals surface area contributed by atoms with Gasteiger partial charge >= 0.3 is 0 Å². The molecule has 0 radical (unpaired) electrons. The van der Waals surface area contributed by atoms with Crippen LogP contribution in [0.15, 0.2) is 18.2 Å². The molecule has 2 aliphatic heterocycles. The minimum atomic E-state index is -0.107. The van der Waals surface area contributed by atoms with Crippen LogP contribution in [0.1, 0.15) is 17.9 Å². The van der Waals surface area contributed by atoms with Gasteiger partial charge in [-0.15, -0.1) is 0 Å². The molecule has 0 spiro atoms. The van der Waals surface area contributed by atoms with Crippen molar-refractivity contribution < 1.29 is 4.39 Å². The van der Waals surface area contributed by atoms with E-state index in [9.17, 15) is 4.39 Å². The topological polar surface area (TPSA) is 15.3 Å². The van der Waals surface area contributed by atoms with E-state index in [1.54, 1.807) is 0 Å². The predicted octanol–water partition coefficient (Wildman–Crippen LogP) is 2.04. The number of hydrogen-bond acceptors (Lipinski definition) is 2. The van der Waals surface area contributed by atoms with E-state index in [4.69, 9.17) is 0 Å². The Balaban J connectivity index is 2.01. The lowest BCUT2D eigenvalue weighted by Crippen LogP contribution is -2.39. The zero-order valence-corrected chi connectivity index (χ0v) is 8.83. The summed E-state index contributed by atoms with van der Waals surface area (Å²) in [5, 5.41) is 3.32. The van der Waals surface area contributed by atoms with E-state index >= 15 is 0 Å². The van der Waals surface area contributed by atoms with E-state index in [1.807, 2.05) is 6.07 Å². The summed E-state index contributed by atoms with van der Waals surface area (Å²) in [7, 11) is 2.13. The number of para-hydroxylation sites is 1. The van der Waals surface area contributed by atoms with Crippen molar-refractivity contribution in [2.75, 3.05) is 25.5 Å². The molecular formula is C12H15FN2. The molecule has 1 saturated heterocycles. The number of hydrogen-bond donors (Lipinski definition) is 1. The average Bonchev–Trinajstić information content (AvgIpc) is 2.58. The van der Waals surface area contributed by atoms with E-state index in [1.165, 1.54) is 6.07 Å². The molecule has 0 aromatic heterocycles. The molecular weight excluding hydrogens is 191 g/mol. The zero-order valence-electron chi connectivity index (χ0n) is 8.83. The summed E-state index contributed by atoms with van der Waals surface area (Å²) < 4.78 is 13.6. The van der Waals surface area contributed by atoms with Crippen molar-refractivity contribution in [2.45, 2.75) is 18.4 Å². The maximum Gasteiger partial charge on any atom is 0.146 e. The Morgan fingerprint density at radius 1 is 1.47 bits per heavy atom. The highest BCUT2D eigenvalue weighted by Gasteiger charge is 2.36. The number of likely N-dealkylation sites (N-methyl/N-ethyl adjacent to an activating group) is 1. The van der Waals surface area contributed by atoms with Crippen molar-refractivity contribution in [1.29, 1.82) is 0 Å². The molecule has 3 heteroatoms. The quantitative estimate of drug-likeness (QED) is 0.698. The van der Waals surface area contributed by atoms with Crippen LogP contribution < -0.4 is 5.32 Å². The van der Waals surface area contributed by atoms with Gasteiger partial charge in [-0.1, -0.05) is 12.1 Å². The second-order valence-electron chi connectivity index (χ2n) is 4.61. The summed E-state index contributed by atoms with van der Waals surface area (Å²) >= 11 is 0. The molecule has 0 aliphatic carbocycles. The van der Waals surface area contributed by atoms with Crippen LogP contribution in [-0.2, 0) is 0 Å². The van der Waals surface area contributed by atoms with Crippen molar-refractivity contribution in [3.63, 3.8) is 0 Å². The molecule has 0 amide bonds. The largest absolute Gasteiger partial charge is 0.379 e. The van der Waals surface area contributed by atoms with Gasteiger partial charge in [0.1, 0.15) is 5.82 Å². The molecule has 1 aromatic rings. The highest BCUT2D eigenvalue weighted by molar-refractivity contribution is 5.60. The Kier molecular flexibility index (Phi) is 1.96. The predicted molar refractivity (Wildman–Crippen MR) is 58.7 cm³/mol. The van der Waals surface area contributed by atoms with Crippen LogP contribution in [0, 0.1) is 5.82 Å². The molecule has 0 saturated carbocycles. The highest BCUT2D eigenvalue weighted by atomic mass is 19.1. The summed E-state index contributed by atoms with van der Waals surface area (Å²) in [5.41, 5.74) is 1.90. The number of likely N-dealkylation sites (tertiary alicyclic amines) is 1. The zero-order chi connectivity index (χ0) is 10.4. The van der Waals surface area contributed by atoms with Crippen molar-refractivity contribution in [3.8, 4) is 0 Å². The van der Waals surface area contributed by atoms with Gasteiger partial charge in [0.15, 0.2) is 0 Å². The van der Waals surface area contributed by atoms with Crippen LogP contribution in [0.2, 0.25) is 0 Å². The number of rotatable bonds is 0. The van der Waals surface area contributed by atoms with Gasteiger partial charge in [-0.05, 0) is 31.6 Å². The third-order valence-electron chi connectivity index (χ3n) is 3.59. The van der Waals surface area contributed by atoms with Gasteiger partial charge in [-0.25, -0.2) is 4.39 Å². The minimum absolute atomic E-state index is 0.107. The SMILES string of the molecule is CN1CCC2Nc3c(F)cccc3C2C1. The lowest BCUT2D eigenvalue weighted by Gasteiger charge is -2.32. The molecule has 3 rings (SSSR count). The number of fused-ring (bicyclic) bond motifs is 3. The van der Waals surface area contributed by atoms with Crippen LogP contribution >= 0.6 is 0 Å². The number of halogens is 1. The van der Waals surface area contributed by atoms with E-state index in [0.717, 1.165) is 30.8 Å². The lowest BCUT2D eigenvalue weighted by molar-refractivity contribution is 0.243. The summed E-state index contributed by atoms with van der Waals surface area (Å²) in [4.78, 5) is 2.32. The fraction of sp³-hybridized carbons (Fsp3) is 0.500. The first-order chi connectivity index (χ1) is 7.25. The fourth-order valence-corrected chi connectivity index (χ4v) is 2.79. The van der Waals surface area contributed by atoms with E-state index < -0.39 is 0 Å². The fourth-order valence-electron chi connectivity index (χ4n) is 2.79. The van der Waals surface area contributed by atoms with E-state index in [0.29, 0.717) is 12.0 Å². The molecule has 1 aromatic carbocycles. The Hall–Kier alpha value is -1.09. The van der Waals surface area contributed by atoms with Crippen LogP contribution in [-0.4, -0.2) is 31.1 Å². The van der Waals surface area contributed by atoms with Gasteiger partial charge in [0, 0.05) is 18.5 Å². The number of nitrogens with zero attached hydrogens (tertiary/aromatic N) is 1. The Labute approximate surface area is 89.1 Å². The molecule has 2 nitrogen and oxygen atoms in total. The second-order valence-corrected chi connectivity index (χ2v) is 4.61. The van der Waals surface area contributed by atoms with Crippen molar-refractivity contribution >= 4 is 5.69 Å². The molecule has 2 unspecified atom stereocenters. The molecule has 1 N–H and O–H groups in total. The number of benzene rings is 1. The van der Waals surface area contributed by atoms with Gasteiger partial charge < -0.3 is 10.2 Å². The van der Waals surface area contributed by atoms with E-state index in [-0.39, 0.29) is 5.82 Å². The van der Waals surface area contributed by atoms with Crippen LogP contribution in [0.5, 0.6) is 0 Å². The molecule has 15 heavy (non-hydrogen) atoms. The molecule has 1 fully saturated rings. The summed E-state index contributed by atoms with van der Waals surface area (Å²) in [5.74, 6) is 0.360. The van der Waals surface area contributed by atoms with Gasteiger partial charge in [-0.2, -0.15) is 0 Å². The Bertz CT molecular complexity index is 391. The monoisotopic (exact) mass is 206 g/mol. The molecule has 80 valence electrons. The van der Waals surface area contributed by atoms with Gasteiger partial charge in [0.25, 0.3) is 0 Å². The smallest absolute Gasteiger partial charge is 0.146 e. The van der Waals surface area contributed by atoms with Crippen LogP contribution in [0.4, 0.5) is 10.1 Å². The average molecular weight is 206 g/mol. The Morgan fingerprint density at radius 3 is 3.20 bits per heavy atom. The normalized spacial score (nSPS) is 29.5. The number of nitrogens with one attached hydrogen (secondary N) is 1. The lowest BCUT2D eigenvalue weighted by atomic mass is 9.90. The van der Waals surface area contributed by atoms with Gasteiger partial charge in [0.05, 0.1) is 5.69 Å². The third-order valence-corrected chi connectivity index (χ3v) is 3.59. The first kappa shape index (κ1) is 9.16. The van der Waals surface area contributed by atoms with Gasteiger partial charge in [0.2, 0.25) is 0 Å². The molecule has 0 bridgehead atoms. The number of piperidine rings is 1. The summed E-state index contributed by atoms with van der Waals surface area (Å²) in [6.45, 7) is 2.14. The first-order valence-corrected chi connectivity index (χ1v) is 5.49. The molecule has 2 heterocycles. The second kappa shape index (κ2) is 3.20. The summed E-state index contributed by atoms with van der Waals surface area (Å²) in [6.07, 6.45) is 1.11. The van der Waals surface area contributed by atoms with Crippen molar-refractivity contribution in [2.24, 2.45) is 0 Å². The van der Waals surface area contributed by atoms with Crippen molar-refractivity contribution in [3.05, 3.63) is 29.6 Å². The molecule has 2 aliphatic rings. The minimum Gasteiger partial charge on any atom is -0.379 e. The Morgan fingerprint density at radius 2 is 2.33 bits per heavy atom. The highest BCUT2D eigenvalue weighted by Crippen LogP contribution is 2.40. The maximum atomic E-state index is 13.6. The summed E-state index contributed by atoms with van der Waals surface area (Å²) in [6, 6.07) is 5.84. The standard InChI is InChI=1S/C12H15FN2/c1-15-6-5-11-9(7-15)8-3-2-4-10(13)12(8)14-11/h2-4,9,11,14H,5-7H2,1H3. The molecule has 2 atom stereocenters. The third kappa shape index (κ3) is 1.34. The van der Waals surface area contributed by atoms with Crippen LogP contribution in [0.25, 0.3) is 0 Å². The first-order valence-electron chi connectivity index (χ1n) is 5.49. The van der Waals surface area contributed by atoms with Crippen LogP contribution in [0.3, 0.4) is 0 Å². The maximum absolute atomic E-state index is 13.6. The van der Waals surface area contributed by atoms with E-state index in [2.05, 4.69) is 23.3 Å². The van der Waals surface area contributed by atoms with Crippen molar-refractivity contribution in [1.82, 2.24) is 4.90 Å². The van der Waals surface area contributed by atoms with Gasteiger partial charge in [-0.3, -0.25) is 0 Å². The number of anilines is 1.